The van der Waals surface area contributed by atoms with Crippen LogP contribution < -0.4 is 9.62 Å². The number of hydrogen-bond acceptors (Lipinski definition) is 5. The maximum Gasteiger partial charge on any atom is 0.239 e. The molecule has 1 aromatic rings. The van der Waals surface area contributed by atoms with Crippen LogP contribution in [0.15, 0.2) is 18.3 Å². The zero-order chi connectivity index (χ0) is 19.4. The van der Waals surface area contributed by atoms with Crippen molar-refractivity contribution in [1.82, 2.24) is 14.6 Å². The molecular weight excluding hydrogens is 388 g/mol. The van der Waals surface area contributed by atoms with E-state index in [0.29, 0.717) is 37.1 Å². The van der Waals surface area contributed by atoms with Gasteiger partial charge < -0.3 is 9.80 Å². The van der Waals surface area contributed by atoms with Gasteiger partial charge in [0.05, 0.1) is 5.02 Å². The number of halogens is 1. The maximum absolute atomic E-state index is 12.5. The number of amides is 1. The van der Waals surface area contributed by atoms with Crippen molar-refractivity contribution in [3.63, 3.8) is 0 Å². The van der Waals surface area contributed by atoms with Gasteiger partial charge in [-0.15, -0.1) is 0 Å². The number of carbonyl (C=O) groups is 1. The summed E-state index contributed by atoms with van der Waals surface area (Å²) in [5.41, 5.74) is 0. The first-order chi connectivity index (χ1) is 12.8. The smallest absolute Gasteiger partial charge is 0.239 e. The second kappa shape index (κ2) is 8.75. The average molecular weight is 415 g/mol. The number of nitrogens with zero attached hydrogens (tertiary/aromatic N) is 3. The van der Waals surface area contributed by atoms with E-state index in [0.717, 1.165) is 31.5 Å². The van der Waals surface area contributed by atoms with E-state index in [-0.39, 0.29) is 11.9 Å². The molecule has 1 amide bonds. The number of piperazine rings is 1. The lowest BCUT2D eigenvalue weighted by molar-refractivity contribution is -0.128. The van der Waals surface area contributed by atoms with Crippen LogP contribution in [0.1, 0.15) is 32.6 Å². The molecule has 3 rings (SSSR count). The Bertz CT molecular complexity index is 740. The quantitative estimate of drug-likeness (QED) is 0.795. The van der Waals surface area contributed by atoms with Gasteiger partial charge in [-0.05, 0) is 43.7 Å². The molecule has 1 aliphatic heterocycles. The molecule has 1 aliphatic carbocycles. The fourth-order valence-electron chi connectivity index (χ4n) is 3.67. The Balaban J connectivity index is 1.48. The van der Waals surface area contributed by atoms with Crippen molar-refractivity contribution in [2.75, 3.05) is 36.8 Å². The van der Waals surface area contributed by atoms with Crippen LogP contribution in [0, 0.1) is 5.92 Å². The Morgan fingerprint density at radius 3 is 2.44 bits per heavy atom. The molecule has 1 saturated carbocycles. The summed E-state index contributed by atoms with van der Waals surface area (Å²) in [6.07, 6.45) is 5.35. The van der Waals surface area contributed by atoms with E-state index in [9.17, 15) is 13.2 Å². The normalized spacial score (nSPS) is 24.1. The standard InChI is InChI=1S/C18H27ClN4O3S/c1-14-2-5-16(6-3-14)21-27(25,26)13-18(24)23-10-8-22(9-11-23)17-7-4-15(19)12-20-17/h4,7,12,14,16,21H,2-3,5-6,8-11,13H2,1H3. The molecule has 0 radical (unpaired) electrons. The van der Waals surface area contributed by atoms with Gasteiger partial charge in [-0.1, -0.05) is 18.5 Å². The summed E-state index contributed by atoms with van der Waals surface area (Å²) in [5, 5.41) is 0.581. The van der Waals surface area contributed by atoms with Gasteiger partial charge in [-0.3, -0.25) is 4.79 Å². The molecule has 2 aliphatic rings. The number of aromatic nitrogens is 1. The van der Waals surface area contributed by atoms with Crippen LogP contribution in [-0.4, -0.2) is 62.2 Å². The van der Waals surface area contributed by atoms with Gasteiger partial charge in [-0.25, -0.2) is 18.1 Å². The van der Waals surface area contributed by atoms with E-state index < -0.39 is 15.8 Å². The van der Waals surface area contributed by atoms with Crippen LogP contribution in [-0.2, 0) is 14.8 Å². The summed E-state index contributed by atoms with van der Waals surface area (Å²) in [7, 11) is -3.60. The Kier molecular flexibility index (Phi) is 6.60. The fraction of sp³-hybridized carbons (Fsp3) is 0.667. The molecular formula is C18H27ClN4O3S. The van der Waals surface area contributed by atoms with Crippen molar-refractivity contribution in [1.29, 1.82) is 0 Å². The number of pyridine rings is 1. The summed E-state index contributed by atoms with van der Waals surface area (Å²) in [4.78, 5) is 20.4. The fourth-order valence-corrected chi connectivity index (χ4v) is 5.11. The first kappa shape index (κ1) is 20.4. The maximum atomic E-state index is 12.5. The van der Waals surface area contributed by atoms with Crippen LogP contribution in [0.2, 0.25) is 5.02 Å². The number of sulfonamides is 1. The lowest BCUT2D eigenvalue weighted by Gasteiger charge is -2.35. The predicted molar refractivity (Wildman–Crippen MR) is 106 cm³/mol. The molecule has 150 valence electrons. The zero-order valence-electron chi connectivity index (χ0n) is 15.6. The van der Waals surface area contributed by atoms with Crippen LogP contribution in [0.25, 0.3) is 0 Å². The van der Waals surface area contributed by atoms with Crippen molar-refractivity contribution in [3.8, 4) is 0 Å². The Hall–Kier alpha value is -1.38. The summed E-state index contributed by atoms with van der Waals surface area (Å²) < 4.78 is 27.4. The highest BCUT2D eigenvalue weighted by Gasteiger charge is 2.28. The Labute approximate surface area is 166 Å². The molecule has 0 atom stereocenters. The summed E-state index contributed by atoms with van der Waals surface area (Å²) >= 11 is 5.86. The molecule has 0 bridgehead atoms. The van der Waals surface area contributed by atoms with Crippen LogP contribution in [0.3, 0.4) is 0 Å². The van der Waals surface area contributed by atoms with Crippen LogP contribution in [0.4, 0.5) is 5.82 Å². The largest absolute Gasteiger partial charge is 0.353 e. The molecule has 7 nitrogen and oxygen atoms in total. The highest BCUT2D eigenvalue weighted by molar-refractivity contribution is 7.90. The van der Waals surface area contributed by atoms with Gasteiger partial charge in [0.2, 0.25) is 15.9 Å². The van der Waals surface area contributed by atoms with Crippen molar-refractivity contribution < 1.29 is 13.2 Å². The van der Waals surface area contributed by atoms with E-state index in [1.165, 1.54) is 0 Å². The highest BCUT2D eigenvalue weighted by atomic mass is 35.5. The van der Waals surface area contributed by atoms with Crippen molar-refractivity contribution >= 4 is 33.3 Å². The summed E-state index contributed by atoms with van der Waals surface area (Å²) in [6.45, 7) is 4.40. The van der Waals surface area contributed by atoms with Crippen molar-refractivity contribution in [2.24, 2.45) is 5.92 Å². The van der Waals surface area contributed by atoms with E-state index in [1.807, 2.05) is 6.07 Å². The van der Waals surface area contributed by atoms with Gasteiger partial charge in [0.15, 0.2) is 0 Å². The highest BCUT2D eigenvalue weighted by Crippen LogP contribution is 2.24. The molecule has 2 fully saturated rings. The third kappa shape index (κ3) is 5.80. The van der Waals surface area contributed by atoms with E-state index >= 15 is 0 Å². The lowest BCUT2D eigenvalue weighted by Crippen LogP contribution is -2.51. The number of rotatable bonds is 5. The molecule has 27 heavy (non-hydrogen) atoms. The van der Waals surface area contributed by atoms with E-state index in [4.69, 9.17) is 11.6 Å². The van der Waals surface area contributed by atoms with Crippen molar-refractivity contribution in [3.05, 3.63) is 23.4 Å². The number of carbonyl (C=O) groups excluding carboxylic acids is 1. The van der Waals surface area contributed by atoms with Gasteiger partial charge in [0, 0.05) is 38.4 Å². The molecule has 0 unspecified atom stereocenters. The zero-order valence-corrected chi connectivity index (χ0v) is 17.2. The molecule has 0 spiro atoms. The van der Waals surface area contributed by atoms with Gasteiger partial charge >= 0.3 is 0 Å². The van der Waals surface area contributed by atoms with Gasteiger partial charge in [-0.2, -0.15) is 0 Å². The molecule has 2 heterocycles. The van der Waals surface area contributed by atoms with Crippen LogP contribution in [0.5, 0.6) is 0 Å². The van der Waals surface area contributed by atoms with Gasteiger partial charge in [0.25, 0.3) is 0 Å². The molecule has 1 aromatic heterocycles. The predicted octanol–water partition coefficient (Wildman–Crippen LogP) is 1.88. The minimum atomic E-state index is -3.60. The average Bonchev–Trinajstić information content (AvgIpc) is 2.64. The minimum Gasteiger partial charge on any atom is -0.353 e. The third-order valence-corrected chi connectivity index (χ3v) is 6.89. The number of hydrogen-bond donors (Lipinski definition) is 1. The first-order valence-electron chi connectivity index (χ1n) is 9.47. The van der Waals surface area contributed by atoms with E-state index in [1.54, 1.807) is 17.2 Å². The summed E-state index contributed by atoms with van der Waals surface area (Å²) in [6, 6.07) is 3.59. The van der Waals surface area contributed by atoms with Gasteiger partial charge in [0.1, 0.15) is 11.6 Å². The molecule has 1 N–H and O–H groups in total. The second-order valence-electron chi connectivity index (χ2n) is 7.54. The number of nitrogens with one attached hydrogen (secondary N) is 1. The first-order valence-corrected chi connectivity index (χ1v) is 11.5. The topological polar surface area (TPSA) is 82.6 Å². The van der Waals surface area contributed by atoms with E-state index in [2.05, 4.69) is 21.5 Å². The third-order valence-electron chi connectivity index (χ3n) is 5.34. The summed E-state index contributed by atoms with van der Waals surface area (Å²) in [5.74, 6) is 0.652. The Morgan fingerprint density at radius 1 is 1.19 bits per heavy atom. The number of anilines is 1. The SMILES string of the molecule is CC1CCC(NS(=O)(=O)CC(=O)N2CCN(c3ccc(Cl)cn3)CC2)CC1. The second-order valence-corrected chi connectivity index (χ2v) is 9.73. The lowest BCUT2D eigenvalue weighted by atomic mass is 9.88. The minimum absolute atomic E-state index is 0.0353. The monoisotopic (exact) mass is 414 g/mol. The van der Waals surface area contributed by atoms with Crippen molar-refractivity contribution in [2.45, 2.75) is 38.6 Å². The molecule has 1 saturated heterocycles. The molecule has 0 aromatic carbocycles. The van der Waals surface area contributed by atoms with Crippen LogP contribution >= 0.6 is 11.6 Å². The molecule has 9 heteroatoms. The Morgan fingerprint density at radius 2 is 1.85 bits per heavy atom.